The minimum absolute atomic E-state index is 0.0365. The fourth-order valence-corrected chi connectivity index (χ4v) is 3.46. The SMILES string of the molecule is N#CC1CN(S(=O)(=O)c2ccc(Br)c(N)c2)CCO1. The molecule has 102 valence electrons. The molecule has 0 spiro atoms. The largest absolute Gasteiger partial charge is 0.398 e. The third-order valence-electron chi connectivity index (χ3n) is 2.78. The highest BCUT2D eigenvalue weighted by molar-refractivity contribution is 9.10. The van der Waals surface area contributed by atoms with Gasteiger partial charge in [-0.1, -0.05) is 0 Å². The number of sulfonamides is 1. The lowest BCUT2D eigenvalue weighted by Gasteiger charge is -2.29. The molecule has 1 aliphatic rings. The third kappa shape index (κ3) is 2.90. The Morgan fingerprint density at radius 3 is 2.89 bits per heavy atom. The van der Waals surface area contributed by atoms with E-state index in [1.54, 1.807) is 6.07 Å². The summed E-state index contributed by atoms with van der Waals surface area (Å²) in [5.41, 5.74) is 6.05. The summed E-state index contributed by atoms with van der Waals surface area (Å²) >= 11 is 3.22. The van der Waals surface area contributed by atoms with Gasteiger partial charge in [-0.05, 0) is 34.1 Å². The van der Waals surface area contributed by atoms with Crippen LogP contribution >= 0.6 is 15.9 Å². The maximum absolute atomic E-state index is 12.4. The van der Waals surface area contributed by atoms with E-state index in [-0.39, 0.29) is 24.6 Å². The Bertz CT molecular complexity index is 627. The molecule has 0 radical (unpaired) electrons. The minimum Gasteiger partial charge on any atom is -0.398 e. The van der Waals surface area contributed by atoms with Gasteiger partial charge in [-0.3, -0.25) is 0 Å². The maximum atomic E-state index is 12.4. The number of anilines is 1. The second-order valence-electron chi connectivity index (χ2n) is 4.03. The Balaban J connectivity index is 2.31. The average Bonchev–Trinajstić information content (AvgIpc) is 2.41. The molecule has 0 saturated carbocycles. The quantitative estimate of drug-likeness (QED) is 0.804. The first-order chi connectivity index (χ1) is 8.95. The Labute approximate surface area is 119 Å². The van der Waals surface area contributed by atoms with E-state index in [0.717, 1.165) is 0 Å². The summed E-state index contributed by atoms with van der Waals surface area (Å²) in [4.78, 5) is 0.117. The summed E-state index contributed by atoms with van der Waals surface area (Å²) in [5, 5.41) is 8.80. The van der Waals surface area contributed by atoms with E-state index in [2.05, 4.69) is 15.9 Å². The number of nitrogens with zero attached hydrogens (tertiary/aromatic N) is 2. The molecule has 2 N–H and O–H groups in total. The van der Waals surface area contributed by atoms with Crippen LogP contribution in [0.2, 0.25) is 0 Å². The predicted molar refractivity (Wildman–Crippen MR) is 72.7 cm³/mol. The van der Waals surface area contributed by atoms with Gasteiger partial charge in [0.05, 0.1) is 24.1 Å². The topological polar surface area (TPSA) is 96.4 Å². The molecule has 1 atom stereocenters. The molecule has 0 bridgehead atoms. The Morgan fingerprint density at radius 1 is 1.53 bits per heavy atom. The monoisotopic (exact) mass is 345 g/mol. The van der Waals surface area contributed by atoms with Gasteiger partial charge in [-0.25, -0.2) is 8.42 Å². The van der Waals surface area contributed by atoms with Crippen molar-refractivity contribution < 1.29 is 13.2 Å². The van der Waals surface area contributed by atoms with Crippen LogP contribution in [-0.4, -0.2) is 38.5 Å². The van der Waals surface area contributed by atoms with Crippen LogP contribution in [0.5, 0.6) is 0 Å². The van der Waals surface area contributed by atoms with Crippen molar-refractivity contribution in [2.24, 2.45) is 0 Å². The number of ether oxygens (including phenoxy) is 1. The number of nitrogens with two attached hydrogens (primary N) is 1. The molecule has 1 unspecified atom stereocenters. The summed E-state index contributed by atoms with van der Waals surface area (Å²) < 4.78 is 31.8. The Kier molecular flexibility index (Phi) is 4.10. The molecule has 1 saturated heterocycles. The number of rotatable bonds is 2. The van der Waals surface area contributed by atoms with Crippen molar-refractivity contribution in [3.63, 3.8) is 0 Å². The highest BCUT2D eigenvalue weighted by Crippen LogP contribution is 2.25. The number of nitriles is 1. The number of halogens is 1. The van der Waals surface area contributed by atoms with Crippen molar-refractivity contribution in [1.29, 1.82) is 5.26 Å². The number of hydrogen-bond acceptors (Lipinski definition) is 5. The van der Waals surface area contributed by atoms with E-state index >= 15 is 0 Å². The average molecular weight is 346 g/mol. The first-order valence-electron chi connectivity index (χ1n) is 5.51. The highest BCUT2D eigenvalue weighted by Gasteiger charge is 2.30. The lowest BCUT2D eigenvalue weighted by Crippen LogP contribution is -2.45. The lowest BCUT2D eigenvalue weighted by molar-refractivity contribution is 0.0311. The molecule has 0 aliphatic carbocycles. The summed E-state index contributed by atoms with van der Waals surface area (Å²) in [6.07, 6.45) is -0.726. The van der Waals surface area contributed by atoms with Crippen LogP contribution in [0.15, 0.2) is 27.6 Å². The fraction of sp³-hybridized carbons (Fsp3) is 0.364. The van der Waals surface area contributed by atoms with Gasteiger partial charge in [-0.15, -0.1) is 0 Å². The number of morpholine rings is 1. The third-order valence-corrected chi connectivity index (χ3v) is 5.36. The zero-order chi connectivity index (χ0) is 14.0. The number of nitrogen functional groups attached to an aromatic ring is 1. The van der Waals surface area contributed by atoms with Gasteiger partial charge in [0.25, 0.3) is 0 Å². The summed E-state index contributed by atoms with van der Waals surface area (Å²) in [7, 11) is -3.64. The Hall–Kier alpha value is -1.14. The van der Waals surface area contributed by atoms with Crippen LogP contribution in [0, 0.1) is 11.3 Å². The summed E-state index contributed by atoms with van der Waals surface area (Å²) in [5.74, 6) is 0. The predicted octanol–water partition coefficient (Wildman–Crippen LogP) is 0.944. The summed E-state index contributed by atoms with van der Waals surface area (Å²) in [6, 6.07) is 6.38. The second kappa shape index (κ2) is 5.46. The molecule has 19 heavy (non-hydrogen) atoms. The van der Waals surface area contributed by atoms with E-state index in [1.807, 2.05) is 6.07 Å². The molecule has 1 aliphatic heterocycles. The number of benzene rings is 1. The van der Waals surface area contributed by atoms with Crippen molar-refractivity contribution in [3.05, 3.63) is 22.7 Å². The molecule has 8 heteroatoms. The van der Waals surface area contributed by atoms with Crippen LogP contribution in [0.1, 0.15) is 0 Å². The van der Waals surface area contributed by atoms with Crippen LogP contribution < -0.4 is 5.73 Å². The molecule has 0 aromatic heterocycles. The van der Waals surface area contributed by atoms with Crippen LogP contribution in [-0.2, 0) is 14.8 Å². The molecule has 1 heterocycles. The molecule has 2 rings (SSSR count). The lowest BCUT2D eigenvalue weighted by atomic mass is 10.3. The first kappa shape index (κ1) is 14.3. The fourth-order valence-electron chi connectivity index (χ4n) is 1.75. The standard InChI is InChI=1S/C11H12BrN3O3S/c12-10-2-1-9(5-11(10)14)19(16,17)15-3-4-18-8(6-13)7-15/h1-2,5,8H,3-4,7,14H2. The van der Waals surface area contributed by atoms with E-state index in [9.17, 15) is 8.42 Å². The first-order valence-corrected chi connectivity index (χ1v) is 7.75. The molecule has 1 aromatic rings. The maximum Gasteiger partial charge on any atom is 0.243 e. The van der Waals surface area contributed by atoms with Crippen molar-refractivity contribution in [1.82, 2.24) is 4.31 Å². The van der Waals surface area contributed by atoms with E-state index in [1.165, 1.54) is 16.4 Å². The Morgan fingerprint density at radius 2 is 2.26 bits per heavy atom. The minimum atomic E-state index is -3.64. The van der Waals surface area contributed by atoms with Crippen molar-refractivity contribution in [2.75, 3.05) is 25.4 Å². The van der Waals surface area contributed by atoms with E-state index in [0.29, 0.717) is 10.2 Å². The van der Waals surface area contributed by atoms with E-state index in [4.69, 9.17) is 15.7 Å². The van der Waals surface area contributed by atoms with E-state index < -0.39 is 16.1 Å². The molecule has 1 fully saturated rings. The smallest absolute Gasteiger partial charge is 0.243 e. The van der Waals surface area contributed by atoms with Gasteiger partial charge >= 0.3 is 0 Å². The van der Waals surface area contributed by atoms with Crippen molar-refractivity contribution in [2.45, 2.75) is 11.0 Å². The zero-order valence-corrected chi connectivity index (χ0v) is 12.3. The van der Waals surface area contributed by atoms with Gasteiger partial charge in [-0.2, -0.15) is 9.57 Å². The normalized spacial score (nSPS) is 20.9. The molecule has 1 aromatic carbocycles. The second-order valence-corrected chi connectivity index (χ2v) is 6.83. The molecule has 6 nitrogen and oxygen atoms in total. The van der Waals surface area contributed by atoms with Gasteiger partial charge in [0.15, 0.2) is 6.10 Å². The van der Waals surface area contributed by atoms with Gasteiger partial charge in [0.1, 0.15) is 0 Å². The van der Waals surface area contributed by atoms with Crippen LogP contribution in [0.25, 0.3) is 0 Å². The number of hydrogen-bond donors (Lipinski definition) is 1. The van der Waals surface area contributed by atoms with Crippen LogP contribution in [0.3, 0.4) is 0 Å². The van der Waals surface area contributed by atoms with Crippen molar-refractivity contribution >= 4 is 31.6 Å². The van der Waals surface area contributed by atoms with Crippen LogP contribution in [0.4, 0.5) is 5.69 Å². The highest BCUT2D eigenvalue weighted by atomic mass is 79.9. The van der Waals surface area contributed by atoms with Gasteiger partial charge in [0.2, 0.25) is 10.0 Å². The zero-order valence-electron chi connectivity index (χ0n) is 9.91. The molecular formula is C11H12BrN3O3S. The summed E-state index contributed by atoms with van der Waals surface area (Å²) in [6.45, 7) is 0.481. The molecular weight excluding hydrogens is 334 g/mol. The van der Waals surface area contributed by atoms with Crippen molar-refractivity contribution in [3.8, 4) is 6.07 Å². The molecule has 0 amide bonds. The van der Waals surface area contributed by atoms with Gasteiger partial charge < -0.3 is 10.5 Å². The van der Waals surface area contributed by atoms with Gasteiger partial charge in [0, 0.05) is 16.7 Å².